The molecule has 0 spiro atoms. The summed E-state index contributed by atoms with van der Waals surface area (Å²) in [6.45, 7) is 4.61. The first-order valence-electron chi connectivity index (χ1n) is 10.6. The van der Waals surface area contributed by atoms with Gasteiger partial charge in [-0.3, -0.25) is 19.0 Å². The Labute approximate surface area is 186 Å². The van der Waals surface area contributed by atoms with E-state index in [1.54, 1.807) is 18.3 Å². The van der Waals surface area contributed by atoms with E-state index in [0.29, 0.717) is 54.4 Å². The van der Waals surface area contributed by atoms with Gasteiger partial charge in [-0.25, -0.2) is 19.6 Å². The molecule has 0 radical (unpaired) electrons. The van der Waals surface area contributed by atoms with Crippen molar-refractivity contribution in [1.29, 1.82) is 0 Å². The van der Waals surface area contributed by atoms with E-state index >= 15 is 0 Å². The summed E-state index contributed by atoms with van der Waals surface area (Å²) in [4.78, 5) is 48.4. The molecule has 12 heteroatoms. The van der Waals surface area contributed by atoms with Crippen LogP contribution in [0.5, 0.6) is 5.88 Å². The highest BCUT2D eigenvalue weighted by Gasteiger charge is 2.20. The van der Waals surface area contributed by atoms with Crippen molar-refractivity contribution < 1.29 is 14.6 Å². The topological polar surface area (TPSA) is 161 Å². The van der Waals surface area contributed by atoms with Gasteiger partial charge in [-0.15, -0.1) is 0 Å². The standard InChI is InChI=1S/C21H23N7O5/c1-3-8-27-18-16(19(29)28(9-4-2)20(27)30)24-17(25-18)13-11-22-26-14(13)10-12-6-5-7-15(23-12)33-21(31)32/h5-7,11H,3-4,8-10H2,1-2H3,(H,22,26)(H,24,25)(H,31,32). The van der Waals surface area contributed by atoms with Crippen molar-refractivity contribution in [2.45, 2.75) is 46.2 Å². The number of H-pyrrole nitrogens is 2. The molecule has 0 aliphatic carbocycles. The number of carbonyl (C=O) groups is 1. The quantitative estimate of drug-likeness (QED) is 0.342. The smallest absolute Gasteiger partial charge is 0.449 e. The number of nitrogens with one attached hydrogen (secondary N) is 2. The average Bonchev–Trinajstić information content (AvgIpc) is 3.41. The molecule has 0 saturated carbocycles. The predicted octanol–water partition coefficient (Wildman–Crippen LogP) is 2.14. The molecule has 0 aliphatic heterocycles. The first kappa shape index (κ1) is 22.0. The Kier molecular flexibility index (Phi) is 6.07. The lowest BCUT2D eigenvalue weighted by molar-refractivity contribution is 0.142. The van der Waals surface area contributed by atoms with Crippen molar-refractivity contribution in [3.63, 3.8) is 0 Å². The van der Waals surface area contributed by atoms with Crippen molar-refractivity contribution in [3.05, 3.63) is 56.6 Å². The maximum atomic E-state index is 13.0. The fourth-order valence-corrected chi connectivity index (χ4v) is 3.67. The number of imidazole rings is 1. The van der Waals surface area contributed by atoms with Gasteiger partial charge >= 0.3 is 11.8 Å². The summed E-state index contributed by atoms with van der Waals surface area (Å²) in [5.74, 6) is 0.350. The normalized spacial score (nSPS) is 11.2. The molecule has 0 fully saturated rings. The van der Waals surface area contributed by atoms with Crippen LogP contribution in [0.25, 0.3) is 22.6 Å². The van der Waals surface area contributed by atoms with Gasteiger partial charge in [0.2, 0.25) is 5.88 Å². The third kappa shape index (κ3) is 4.27. The Balaban J connectivity index is 1.77. The monoisotopic (exact) mass is 453 g/mol. The molecular weight excluding hydrogens is 430 g/mol. The first-order chi connectivity index (χ1) is 15.9. The molecule has 0 atom stereocenters. The molecule has 0 aromatic carbocycles. The number of pyridine rings is 1. The molecule has 4 heterocycles. The second-order valence-electron chi connectivity index (χ2n) is 7.43. The fraction of sp³-hybridized carbons (Fsp3) is 0.333. The molecule has 33 heavy (non-hydrogen) atoms. The number of rotatable bonds is 8. The molecule has 4 aromatic heterocycles. The van der Waals surface area contributed by atoms with Crippen LogP contribution in [0.3, 0.4) is 0 Å². The van der Waals surface area contributed by atoms with E-state index < -0.39 is 11.7 Å². The Hall–Kier alpha value is -4.22. The van der Waals surface area contributed by atoms with E-state index in [2.05, 4.69) is 29.9 Å². The summed E-state index contributed by atoms with van der Waals surface area (Å²) in [6, 6.07) is 4.79. The lowest BCUT2D eigenvalue weighted by atomic mass is 10.1. The van der Waals surface area contributed by atoms with Gasteiger partial charge in [0.1, 0.15) is 11.3 Å². The molecule has 0 unspecified atom stereocenters. The van der Waals surface area contributed by atoms with E-state index in [9.17, 15) is 14.4 Å². The Bertz CT molecular complexity index is 1430. The minimum Gasteiger partial charge on any atom is -0.449 e. The van der Waals surface area contributed by atoms with Crippen LogP contribution < -0.4 is 16.0 Å². The van der Waals surface area contributed by atoms with Crippen LogP contribution in [0, 0.1) is 0 Å². The number of aromatic amines is 2. The van der Waals surface area contributed by atoms with E-state index in [0.717, 1.165) is 0 Å². The summed E-state index contributed by atoms with van der Waals surface area (Å²) in [5.41, 5.74) is 1.49. The molecule has 0 aliphatic rings. The second kappa shape index (κ2) is 9.10. The third-order valence-corrected chi connectivity index (χ3v) is 5.05. The SMILES string of the molecule is CCCn1c(=O)c2[nH]c(-c3c[nH]nc3Cc3cccc(OC(=O)O)n3)nc2n(CCC)c1=O. The van der Waals surface area contributed by atoms with Crippen molar-refractivity contribution >= 4 is 17.3 Å². The van der Waals surface area contributed by atoms with Crippen LogP contribution >= 0.6 is 0 Å². The molecule has 3 N–H and O–H groups in total. The van der Waals surface area contributed by atoms with Gasteiger partial charge in [0, 0.05) is 31.8 Å². The number of nitrogens with zero attached hydrogens (tertiary/aromatic N) is 5. The van der Waals surface area contributed by atoms with Crippen LogP contribution in [-0.4, -0.2) is 45.5 Å². The predicted molar refractivity (Wildman–Crippen MR) is 118 cm³/mol. The van der Waals surface area contributed by atoms with E-state index in [-0.39, 0.29) is 23.5 Å². The number of hydrogen-bond donors (Lipinski definition) is 3. The van der Waals surface area contributed by atoms with E-state index in [1.165, 1.54) is 15.2 Å². The maximum Gasteiger partial charge on any atom is 0.512 e. The summed E-state index contributed by atoms with van der Waals surface area (Å²) in [7, 11) is 0. The van der Waals surface area contributed by atoms with E-state index in [1.807, 2.05) is 13.8 Å². The summed E-state index contributed by atoms with van der Waals surface area (Å²) >= 11 is 0. The molecular formula is C21H23N7O5. The number of aryl methyl sites for hydroxylation is 1. The van der Waals surface area contributed by atoms with Gasteiger partial charge in [-0.05, 0) is 18.9 Å². The second-order valence-corrected chi connectivity index (χ2v) is 7.43. The number of fused-ring (bicyclic) bond motifs is 1. The number of ether oxygens (including phenoxy) is 1. The van der Waals surface area contributed by atoms with Crippen LogP contribution in [0.15, 0.2) is 34.0 Å². The molecule has 0 saturated heterocycles. The van der Waals surface area contributed by atoms with Crippen molar-refractivity contribution in [3.8, 4) is 17.3 Å². The summed E-state index contributed by atoms with van der Waals surface area (Å²) in [5, 5.41) is 15.8. The summed E-state index contributed by atoms with van der Waals surface area (Å²) in [6.07, 6.45) is 1.80. The molecule has 0 bridgehead atoms. The maximum absolute atomic E-state index is 13.0. The van der Waals surface area contributed by atoms with Gasteiger partial charge in [0.05, 0.1) is 17.0 Å². The first-order valence-corrected chi connectivity index (χ1v) is 10.6. The van der Waals surface area contributed by atoms with Gasteiger partial charge in [-0.1, -0.05) is 19.9 Å². The third-order valence-electron chi connectivity index (χ3n) is 5.05. The highest BCUT2D eigenvalue weighted by atomic mass is 16.7. The van der Waals surface area contributed by atoms with Gasteiger partial charge in [0.25, 0.3) is 5.56 Å². The molecule has 0 amide bonds. The van der Waals surface area contributed by atoms with Crippen LogP contribution in [0.1, 0.15) is 38.1 Å². The zero-order valence-corrected chi connectivity index (χ0v) is 18.2. The molecule has 12 nitrogen and oxygen atoms in total. The number of carboxylic acid groups (broad SMARTS) is 1. The lowest BCUT2D eigenvalue weighted by Crippen LogP contribution is -2.40. The molecule has 4 rings (SSSR count). The zero-order chi connectivity index (χ0) is 23.5. The Morgan fingerprint density at radius 2 is 1.88 bits per heavy atom. The fourth-order valence-electron chi connectivity index (χ4n) is 3.67. The molecule has 4 aromatic rings. The minimum absolute atomic E-state index is 0.0409. The van der Waals surface area contributed by atoms with Crippen LogP contribution in [0.4, 0.5) is 4.79 Å². The Morgan fingerprint density at radius 3 is 2.61 bits per heavy atom. The van der Waals surface area contributed by atoms with Crippen molar-refractivity contribution in [2.24, 2.45) is 0 Å². The summed E-state index contributed by atoms with van der Waals surface area (Å²) < 4.78 is 7.35. The largest absolute Gasteiger partial charge is 0.512 e. The zero-order valence-electron chi connectivity index (χ0n) is 18.2. The average molecular weight is 453 g/mol. The highest BCUT2D eigenvalue weighted by Crippen LogP contribution is 2.23. The van der Waals surface area contributed by atoms with Crippen LogP contribution in [0.2, 0.25) is 0 Å². The number of aromatic nitrogens is 7. The number of hydrogen-bond acceptors (Lipinski definition) is 7. The van der Waals surface area contributed by atoms with Gasteiger partial charge in [-0.2, -0.15) is 5.10 Å². The Morgan fingerprint density at radius 1 is 1.12 bits per heavy atom. The molecule has 172 valence electrons. The minimum atomic E-state index is -1.45. The van der Waals surface area contributed by atoms with Gasteiger partial charge in [0.15, 0.2) is 5.65 Å². The van der Waals surface area contributed by atoms with Crippen molar-refractivity contribution in [1.82, 2.24) is 34.3 Å². The van der Waals surface area contributed by atoms with E-state index in [4.69, 9.17) is 5.11 Å². The van der Waals surface area contributed by atoms with Crippen LogP contribution in [-0.2, 0) is 19.5 Å². The van der Waals surface area contributed by atoms with Gasteiger partial charge < -0.3 is 14.8 Å². The van der Waals surface area contributed by atoms with Crippen molar-refractivity contribution in [2.75, 3.05) is 0 Å². The highest BCUT2D eigenvalue weighted by molar-refractivity contribution is 5.76. The lowest BCUT2D eigenvalue weighted by Gasteiger charge is -2.09.